The molecule has 2 aliphatic rings. The molecule has 0 unspecified atom stereocenters. The van der Waals surface area contributed by atoms with E-state index in [1.807, 2.05) is 6.92 Å². The van der Waals surface area contributed by atoms with Gasteiger partial charge in [-0.25, -0.2) is 9.97 Å². The predicted molar refractivity (Wildman–Crippen MR) is 78.9 cm³/mol. The zero-order chi connectivity index (χ0) is 14.7. The Bertz CT molecular complexity index is 534. The van der Waals surface area contributed by atoms with Gasteiger partial charge in [-0.3, -0.25) is 9.69 Å². The SMILES string of the molecule is Cc1nc2c(c(SCCN3CCOCC3)n1)OCC(=O)N2. The first-order valence-corrected chi connectivity index (χ1v) is 7.95. The lowest BCUT2D eigenvalue weighted by Crippen LogP contribution is -2.37. The molecule has 0 radical (unpaired) electrons. The monoisotopic (exact) mass is 310 g/mol. The topological polar surface area (TPSA) is 76.6 Å². The molecule has 0 spiro atoms. The number of carbonyl (C=O) groups is 1. The number of ether oxygens (including phenoxy) is 2. The molecule has 3 rings (SSSR count). The minimum Gasteiger partial charge on any atom is -0.477 e. The molecule has 1 saturated heterocycles. The Morgan fingerprint density at radius 3 is 2.95 bits per heavy atom. The molecule has 0 bridgehead atoms. The lowest BCUT2D eigenvalue weighted by molar-refractivity contribution is -0.118. The number of hydrogen-bond acceptors (Lipinski definition) is 7. The van der Waals surface area contributed by atoms with E-state index in [2.05, 4.69) is 20.2 Å². The third-order valence-corrected chi connectivity index (χ3v) is 4.24. The summed E-state index contributed by atoms with van der Waals surface area (Å²) >= 11 is 1.63. The molecular formula is C13H18N4O3S. The maximum absolute atomic E-state index is 11.3. The van der Waals surface area contributed by atoms with E-state index in [0.717, 1.165) is 43.6 Å². The number of nitrogens with zero attached hydrogens (tertiary/aromatic N) is 3. The zero-order valence-electron chi connectivity index (χ0n) is 11.9. The molecule has 8 heteroatoms. The van der Waals surface area contributed by atoms with Crippen molar-refractivity contribution in [3.05, 3.63) is 5.82 Å². The second-order valence-electron chi connectivity index (χ2n) is 4.89. The second-order valence-corrected chi connectivity index (χ2v) is 5.98. The number of amides is 1. The first kappa shape index (κ1) is 14.6. The molecule has 1 amide bonds. The van der Waals surface area contributed by atoms with Crippen molar-refractivity contribution in [3.8, 4) is 5.75 Å². The molecule has 21 heavy (non-hydrogen) atoms. The van der Waals surface area contributed by atoms with Crippen LogP contribution in [0.15, 0.2) is 5.03 Å². The second kappa shape index (κ2) is 6.59. The van der Waals surface area contributed by atoms with Gasteiger partial charge in [-0.15, -0.1) is 11.8 Å². The normalized spacial score (nSPS) is 18.8. The summed E-state index contributed by atoms with van der Waals surface area (Å²) in [6, 6.07) is 0. The third kappa shape index (κ3) is 3.63. The number of aromatic nitrogens is 2. The van der Waals surface area contributed by atoms with Gasteiger partial charge in [0.05, 0.1) is 13.2 Å². The van der Waals surface area contributed by atoms with E-state index in [1.54, 1.807) is 11.8 Å². The van der Waals surface area contributed by atoms with Crippen molar-refractivity contribution in [1.82, 2.24) is 14.9 Å². The van der Waals surface area contributed by atoms with Crippen LogP contribution in [-0.4, -0.2) is 66.0 Å². The molecule has 1 N–H and O–H groups in total. The lowest BCUT2D eigenvalue weighted by Gasteiger charge is -2.26. The summed E-state index contributed by atoms with van der Waals surface area (Å²) in [6.45, 7) is 6.40. The van der Waals surface area contributed by atoms with Gasteiger partial charge in [0.2, 0.25) is 0 Å². The maximum atomic E-state index is 11.3. The van der Waals surface area contributed by atoms with Gasteiger partial charge < -0.3 is 14.8 Å². The molecule has 0 aromatic carbocycles. The third-order valence-electron chi connectivity index (χ3n) is 3.30. The zero-order valence-corrected chi connectivity index (χ0v) is 12.7. The quantitative estimate of drug-likeness (QED) is 0.642. The Balaban J connectivity index is 1.63. The summed E-state index contributed by atoms with van der Waals surface area (Å²) in [5.74, 6) is 2.44. The summed E-state index contributed by atoms with van der Waals surface area (Å²) in [7, 11) is 0. The molecule has 0 atom stereocenters. The summed E-state index contributed by atoms with van der Waals surface area (Å²) in [5, 5.41) is 3.52. The predicted octanol–water partition coefficient (Wildman–Crippen LogP) is 0.540. The number of fused-ring (bicyclic) bond motifs is 1. The smallest absolute Gasteiger partial charge is 0.263 e. The number of hydrogen-bond donors (Lipinski definition) is 1. The first-order valence-electron chi connectivity index (χ1n) is 6.96. The average molecular weight is 310 g/mol. The van der Waals surface area contributed by atoms with E-state index in [-0.39, 0.29) is 12.5 Å². The van der Waals surface area contributed by atoms with Crippen LogP contribution in [0, 0.1) is 6.92 Å². The Morgan fingerprint density at radius 1 is 1.33 bits per heavy atom. The van der Waals surface area contributed by atoms with Crippen LogP contribution in [0.5, 0.6) is 5.75 Å². The van der Waals surface area contributed by atoms with Gasteiger partial charge in [-0.2, -0.15) is 0 Å². The number of rotatable bonds is 4. The van der Waals surface area contributed by atoms with Gasteiger partial charge in [0, 0.05) is 25.4 Å². The van der Waals surface area contributed by atoms with Crippen LogP contribution in [0.25, 0.3) is 0 Å². The highest BCUT2D eigenvalue weighted by molar-refractivity contribution is 7.99. The van der Waals surface area contributed by atoms with E-state index < -0.39 is 0 Å². The van der Waals surface area contributed by atoms with Crippen molar-refractivity contribution in [2.75, 3.05) is 50.5 Å². The largest absolute Gasteiger partial charge is 0.477 e. The molecule has 1 fully saturated rings. The van der Waals surface area contributed by atoms with E-state index >= 15 is 0 Å². The Kier molecular flexibility index (Phi) is 4.57. The van der Waals surface area contributed by atoms with Gasteiger partial charge >= 0.3 is 0 Å². The molecule has 1 aromatic rings. The standard InChI is InChI=1S/C13H18N4O3S/c1-9-14-12-11(20-8-10(18)16-12)13(15-9)21-7-4-17-2-5-19-6-3-17/h2-8H2,1H3,(H,14,15,16,18). The van der Waals surface area contributed by atoms with Crippen LogP contribution < -0.4 is 10.1 Å². The van der Waals surface area contributed by atoms with Crippen molar-refractivity contribution in [2.24, 2.45) is 0 Å². The van der Waals surface area contributed by atoms with Crippen LogP contribution in [0.3, 0.4) is 0 Å². The number of nitrogens with one attached hydrogen (secondary N) is 1. The minimum atomic E-state index is -0.176. The van der Waals surface area contributed by atoms with Gasteiger partial charge in [0.1, 0.15) is 10.9 Å². The average Bonchev–Trinajstić information content (AvgIpc) is 2.47. The fraction of sp³-hybridized carbons (Fsp3) is 0.615. The van der Waals surface area contributed by atoms with Gasteiger partial charge in [-0.1, -0.05) is 0 Å². The number of anilines is 1. The molecule has 3 heterocycles. The molecule has 114 valence electrons. The number of thioether (sulfide) groups is 1. The highest BCUT2D eigenvalue weighted by atomic mass is 32.2. The fourth-order valence-electron chi connectivity index (χ4n) is 2.25. The Labute approximate surface area is 127 Å². The van der Waals surface area contributed by atoms with Gasteiger partial charge in [0.25, 0.3) is 5.91 Å². The lowest BCUT2D eigenvalue weighted by atomic mass is 10.4. The molecule has 2 aliphatic heterocycles. The number of aryl methyl sites for hydroxylation is 1. The minimum absolute atomic E-state index is 0.0243. The number of carbonyl (C=O) groups excluding carboxylic acids is 1. The van der Waals surface area contributed by atoms with Crippen LogP contribution in [0.4, 0.5) is 5.82 Å². The Hall–Kier alpha value is -1.38. The van der Waals surface area contributed by atoms with Crippen LogP contribution in [0.1, 0.15) is 5.82 Å². The summed E-state index contributed by atoms with van der Waals surface area (Å²) in [4.78, 5) is 22.4. The van der Waals surface area contributed by atoms with Crippen molar-refractivity contribution >= 4 is 23.5 Å². The van der Waals surface area contributed by atoms with Crippen molar-refractivity contribution < 1.29 is 14.3 Å². The summed E-state index contributed by atoms with van der Waals surface area (Å²) < 4.78 is 10.8. The van der Waals surface area contributed by atoms with E-state index in [0.29, 0.717) is 17.4 Å². The summed E-state index contributed by atoms with van der Waals surface area (Å²) in [6.07, 6.45) is 0. The molecule has 0 aliphatic carbocycles. The maximum Gasteiger partial charge on any atom is 0.263 e. The molecule has 0 saturated carbocycles. The van der Waals surface area contributed by atoms with Crippen molar-refractivity contribution in [2.45, 2.75) is 11.9 Å². The van der Waals surface area contributed by atoms with Crippen LogP contribution >= 0.6 is 11.8 Å². The van der Waals surface area contributed by atoms with E-state index in [4.69, 9.17) is 9.47 Å². The molecule has 1 aromatic heterocycles. The van der Waals surface area contributed by atoms with Crippen molar-refractivity contribution in [1.29, 1.82) is 0 Å². The van der Waals surface area contributed by atoms with E-state index in [1.165, 1.54) is 0 Å². The Morgan fingerprint density at radius 2 is 2.14 bits per heavy atom. The first-order chi connectivity index (χ1) is 10.2. The molecular weight excluding hydrogens is 292 g/mol. The van der Waals surface area contributed by atoms with Crippen LogP contribution in [-0.2, 0) is 9.53 Å². The highest BCUT2D eigenvalue weighted by Gasteiger charge is 2.22. The van der Waals surface area contributed by atoms with Gasteiger partial charge in [-0.05, 0) is 6.92 Å². The van der Waals surface area contributed by atoms with Gasteiger partial charge in [0.15, 0.2) is 18.2 Å². The van der Waals surface area contributed by atoms with Crippen molar-refractivity contribution in [3.63, 3.8) is 0 Å². The summed E-state index contributed by atoms with van der Waals surface area (Å²) in [5.41, 5.74) is 0. The van der Waals surface area contributed by atoms with Crippen LogP contribution in [0.2, 0.25) is 0 Å². The van der Waals surface area contributed by atoms with E-state index in [9.17, 15) is 4.79 Å². The number of morpholine rings is 1. The highest BCUT2D eigenvalue weighted by Crippen LogP contribution is 2.35. The fourth-order valence-corrected chi connectivity index (χ4v) is 3.28. The molecule has 7 nitrogen and oxygen atoms in total.